The molecule has 0 spiro atoms. The van der Waals surface area contributed by atoms with Gasteiger partial charge in [-0.2, -0.15) is 0 Å². The molecule has 1 atom stereocenters. The molecule has 7 heteroatoms. The second kappa shape index (κ2) is 6.60. The van der Waals surface area contributed by atoms with Crippen LogP contribution in [0.15, 0.2) is 6.20 Å². The van der Waals surface area contributed by atoms with Crippen LogP contribution in [0.1, 0.15) is 30.7 Å². The van der Waals surface area contributed by atoms with Crippen LogP contribution in [0, 0.1) is 0 Å². The zero-order valence-corrected chi connectivity index (χ0v) is 13.4. The molecular weight excluding hydrogens is 310 g/mol. The molecule has 0 bridgehead atoms. The molecule has 1 aromatic rings. The molecule has 2 aliphatic heterocycles. The summed E-state index contributed by atoms with van der Waals surface area (Å²) in [5, 5.41) is 10.4. The molecular formula is C14H20ClN3O2S. The maximum Gasteiger partial charge on any atom is 0.320 e. The van der Waals surface area contributed by atoms with Gasteiger partial charge in [-0.3, -0.25) is 14.6 Å². The Kier molecular flexibility index (Phi) is 4.78. The van der Waals surface area contributed by atoms with E-state index in [1.807, 2.05) is 0 Å². The van der Waals surface area contributed by atoms with Crippen molar-refractivity contribution < 1.29 is 9.90 Å². The molecule has 0 amide bonds. The summed E-state index contributed by atoms with van der Waals surface area (Å²) in [7, 11) is 0. The first-order valence-electron chi connectivity index (χ1n) is 7.44. The molecule has 116 valence electrons. The number of hydrogen-bond donors (Lipinski definition) is 1. The van der Waals surface area contributed by atoms with E-state index in [9.17, 15) is 9.90 Å². The number of piperidine rings is 1. The number of halogens is 1. The Hall–Kier alpha value is -0.690. The third-order valence-electron chi connectivity index (χ3n) is 4.49. The highest BCUT2D eigenvalue weighted by atomic mass is 35.5. The number of rotatable bonds is 4. The van der Waals surface area contributed by atoms with E-state index >= 15 is 0 Å². The Morgan fingerprint density at radius 3 is 2.76 bits per heavy atom. The normalized spacial score (nSPS) is 25.5. The Balaban J connectivity index is 1.52. The smallest absolute Gasteiger partial charge is 0.320 e. The number of hydrogen-bond acceptors (Lipinski definition) is 5. The largest absolute Gasteiger partial charge is 0.480 e. The maximum absolute atomic E-state index is 11.3. The highest BCUT2D eigenvalue weighted by Crippen LogP contribution is 2.27. The molecule has 2 fully saturated rings. The lowest BCUT2D eigenvalue weighted by Crippen LogP contribution is -2.48. The Labute approximate surface area is 133 Å². The summed E-state index contributed by atoms with van der Waals surface area (Å²) in [6.07, 6.45) is 5.60. The van der Waals surface area contributed by atoms with Gasteiger partial charge in [0.05, 0.1) is 12.7 Å². The number of thiazole rings is 1. The predicted molar refractivity (Wildman–Crippen MR) is 82.8 cm³/mol. The van der Waals surface area contributed by atoms with Crippen molar-refractivity contribution >= 4 is 28.9 Å². The first-order valence-corrected chi connectivity index (χ1v) is 8.64. The molecule has 3 rings (SSSR count). The molecule has 3 heterocycles. The van der Waals surface area contributed by atoms with E-state index in [0.717, 1.165) is 61.2 Å². The fourth-order valence-electron chi connectivity index (χ4n) is 3.45. The van der Waals surface area contributed by atoms with Gasteiger partial charge >= 0.3 is 5.97 Å². The van der Waals surface area contributed by atoms with Gasteiger partial charge in [-0.25, -0.2) is 4.98 Å². The summed E-state index contributed by atoms with van der Waals surface area (Å²) in [5.74, 6) is -0.660. The van der Waals surface area contributed by atoms with E-state index in [1.54, 1.807) is 6.20 Å². The summed E-state index contributed by atoms with van der Waals surface area (Å²) in [6.45, 7) is 3.80. The topological polar surface area (TPSA) is 56.7 Å². The molecule has 2 aliphatic rings. The van der Waals surface area contributed by atoms with Crippen LogP contribution in [0.3, 0.4) is 0 Å². The van der Waals surface area contributed by atoms with Crippen LogP contribution < -0.4 is 0 Å². The van der Waals surface area contributed by atoms with Gasteiger partial charge in [0.2, 0.25) is 0 Å². The molecule has 1 aromatic heterocycles. The number of likely N-dealkylation sites (tertiary alicyclic amines) is 2. The van der Waals surface area contributed by atoms with Gasteiger partial charge < -0.3 is 5.11 Å². The van der Waals surface area contributed by atoms with Crippen LogP contribution in [0.2, 0.25) is 4.34 Å². The van der Waals surface area contributed by atoms with E-state index in [1.165, 1.54) is 11.3 Å². The van der Waals surface area contributed by atoms with Gasteiger partial charge in [0.25, 0.3) is 0 Å². The van der Waals surface area contributed by atoms with Crippen LogP contribution in [0.5, 0.6) is 0 Å². The summed E-state index contributed by atoms with van der Waals surface area (Å²) >= 11 is 7.44. The zero-order valence-electron chi connectivity index (χ0n) is 11.9. The number of aromatic nitrogens is 1. The second-order valence-corrected chi connectivity index (χ2v) is 7.55. The molecule has 21 heavy (non-hydrogen) atoms. The number of carboxylic acids is 1. The molecule has 0 aromatic carbocycles. The first kappa shape index (κ1) is 15.2. The quantitative estimate of drug-likeness (QED) is 0.918. The third kappa shape index (κ3) is 3.56. The van der Waals surface area contributed by atoms with Gasteiger partial charge in [0.15, 0.2) is 0 Å². The lowest BCUT2D eigenvalue weighted by atomic mass is 10.0. The van der Waals surface area contributed by atoms with Crippen molar-refractivity contribution in [2.24, 2.45) is 0 Å². The van der Waals surface area contributed by atoms with Gasteiger partial charge in [-0.05, 0) is 32.2 Å². The molecule has 1 N–H and O–H groups in total. The van der Waals surface area contributed by atoms with E-state index in [-0.39, 0.29) is 6.04 Å². The molecule has 0 radical (unpaired) electrons. The minimum Gasteiger partial charge on any atom is -0.480 e. The Morgan fingerprint density at radius 2 is 2.14 bits per heavy atom. The van der Waals surface area contributed by atoms with Crippen molar-refractivity contribution in [2.45, 2.75) is 44.3 Å². The molecule has 5 nitrogen and oxygen atoms in total. The van der Waals surface area contributed by atoms with E-state index in [4.69, 9.17) is 11.6 Å². The van der Waals surface area contributed by atoms with Crippen molar-refractivity contribution in [2.75, 3.05) is 19.6 Å². The minimum atomic E-state index is -0.660. The molecule has 0 saturated carbocycles. The van der Waals surface area contributed by atoms with Crippen LogP contribution in [-0.2, 0) is 11.3 Å². The standard InChI is InChI=1S/C14H20ClN3O2S/c15-12-8-16-13(21-12)9-17-6-3-10(4-7-17)18-5-1-2-11(18)14(19)20/h8,10-11H,1-7,9H2,(H,19,20). The lowest BCUT2D eigenvalue weighted by molar-refractivity contribution is -0.143. The average Bonchev–Trinajstić information content (AvgIpc) is 3.09. The number of carboxylic acid groups (broad SMARTS) is 1. The fourth-order valence-corrected chi connectivity index (χ4v) is 4.45. The van der Waals surface area contributed by atoms with Crippen LogP contribution >= 0.6 is 22.9 Å². The van der Waals surface area contributed by atoms with Crippen LogP contribution in [0.25, 0.3) is 0 Å². The lowest BCUT2D eigenvalue weighted by Gasteiger charge is -2.38. The Morgan fingerprint density at radius 1 is 1.38 bits per heavy atom. The second-order valence-electron chi connectivity index (χ2n) is 5.80. The average molecular weight is 330 g/mol. The molecule has 0 aliphatic carbocycles. The van der Waals surface area contributed by atoms with Gasteiger partial charge in [0.1, 0.15) is 15.4 Å². The monoisotopic (exact) mass is 329 g/mol. The first-order chi connectivity index (χ1) is 10.1. The third-order valence-corrected chi connectivity index (χ3v) is 5.59. The van der Waals surface area contributed by atoms with Crippen molar-refractivity contribution in [1.29, 1.82) is 0 Å². The highest BCUT2D eigenvalue weighted by Gasteiger charge is 2.36. The minimum absolute atomic E-state index is 0.265. The van der Waals surface area contributed by atoms with Crippen molar-refractivity contribution in [3.05, 3.63) is 15.5 Å². The van der Waals surface area contributed by atoms with Crippen LogP contribution in [-0.4, -0.2) is 57.6 Å². The summed E-state index contributed by atoms with van der Waals surface area (Å²) < 4.78 is 0.737. The number of nitrogens with zero attached hydrogens (tertiary/aromatic N) is 3. The van der Waals surface area contributed by atoms with Gasteiger partial charge in [-0.1, -0.05) is 11.6 Å². The highest BCUT2D eigenvalue weighted by molar-refractivity contribution is 7.15. The maximum atomic E-state index is 11.3. The van der Waals surface area contributed by atoms with Gasteiger partial charge in [0, 0.05) is 19.1 Å². The van der Waals surface area contributed by atoms with E-state index in [0.29, 0.717) is 6.04 Å². The fraction of sp³-hybridized carbons (Fsp3) is 0.714. The number of aliphatic carboxylic acids is 1. The van der Waals surface area contributed by atoms with E-state index in [2.05, 4.69) is 14.8 Å². The predicted octanol–water partition coefficient (Wildman–Crippen LogP) is 2.31. The molecule has 1 unspecified atom stereocenters. The summed E-state index contributed by atoms with van der Waals surface area (Å²) in [6, 6.07) is 0.157. The number of carbonyl (C=O) groups is 1. The zero-order chi connectivity index (χ0) is 14.8. The SMILES string of the molecule is O=C(O)C1CCCN1C1CCN(Cc2ncc(Cl)s2)CC1. The van der Waals surface area contributed by atoms with Crippen molar-refractivity contribution in [3.63, 3.8) is 0 Å². The van der Waals surface area contributed by atoms with Crippen molar-refractivity contribution in [1.82, 2.24) is 14.8 Å². The summed E-state index contributed by atoms with van der Waals surface area (Å²) in [5.41, 5.74) is 0. The van der Waals surface area contributed by atoms with E-state index < -0.39 is 5.97 Å². The van der Waals surface area contributed by atoms with Crippen molar-refractivity contribution in [3.8, 4) is 0 Å². The van der Waals surface area contributed by atoms with Crippen LogP contribution in [0.4, 0.5) is 0 Å². The molecule has 2 saturated heterocycles. The Bertz CT molecular complexity index is 502. The van der Waals surface area contributed by atoms with Gasteiger partial charge in [-0.15, -0.1) is 11.3 Å². The summed E-state index contributed by atoms with van der Waals surface area (Å²) in [4.78, 5) is 20.2.